The van der Waals surface area contributed by atoms with E-state index in [0.29, 0.717) is 6.42 Å². The van der Waals surface area contributed by atoms with E-state index in [0.717, 1.165) is 19.3 Å². The van der Waals surface area contributed by atoms with E-state index < -0.39 is 12.1 Å². The van der Waals surface area contributed by atoms with Crippen molar-refractivity contribution >= 4 is 5.97 Å². The predicted octanol–water partition coefficient (Wildman–Crippen LogP) is -0.588. The molecule has 1 N–H and O–H groups in total. The molecule has 0 radical (unpaired) electrons. The monoisotopic (exact) mass is 282 g/mol. The Morgan fingerprint density at radius 1 is 0.944 bits per heavy atom. The fourth-order valence-corrected chi connectivity index (χ4v) is 1.94. The standard InChI is InChI=1S/C14H28O3.K/c1-2-3-4-5-6-7-8-9-10-11-12-13(15)14(16)17;/h13,15H,2-12H2,1H3,(H,16,17);/q;+1/p-1. The molecule has 0 rings (SSSR count). The van der Waals surface area contributed by atoms with Crippen LogP contribution in [0.5, 0.6) is 0 Å². The molecule has 0 amide bonds. The fraction of sp³-hybridized carbons (Fsp3) is 0.929. The molecule has 0 bridgehead atoms. The molecule has 0 aromatic carbocycles. The minimum atomic E-state index is -1.35. The van der Waals surface area contributed by atoms with Crippen LogP contribution in [0.3, 0.4) is 0 Å². The third-order valence-corrected chi connectivity index (χ3v) is 3.10. The summed E-state index contributed by atoms with van der Waals surface area (Å²) in [6.07, 6.45) is 11.2. The van der Waals surface area contributed by atoms with Gasteiger partial charge in [-0.15, -0.1) is 0 Å². The Morgan fingerprint density at radius 3 is 1.72 bits per heavy atom. The molecule has 0 saturated carbocycles. The maximum atomic E-state index is 10.2. The molecule has 0 aliphatic heterocycles. The summed E-state index contributed by atoms with van der Waals surface area (Å²) in [6, 6.07) is 0. The van der Waals surface area contributed by atoms with Crippen molar-refractivity contribution in [3.8, 4) is 0 Å². The number of hydrogen-bond acceptors (Lipinski definition) is 3. The number of aliphatic hydroxyl groups excluding tert-OH is 1. The Kier molecular flexibility index (Phi) is 19.1. The van der Waals surface area contributed by atoms with Crippen molar-refractivity contribution in [1.82, 2.24) is 0 Å². The summed E-state index contributed by atoms with van der Waals surface area (Å²) in [7, 11) is 0. The Labute approximate surface area is 154 Å². The number of carbonyl (C=O) groups excluding carboxylic acids is 1. The van der Waals surface area contributed by atoms with Crippen LogP contribution < -0.4 is 56.5 Å². The molecule has 0 aromatic rings. The zero-order chi connectivity index (χ0) is 12.9. The maximum absolute atomic E-state index is 10.2. The first-order valence-electron chi connectivity index (χ1n) is 7.07. The Hall–Kier alpha value is 1.07. The average molecular weight is 282 g/mol. The quantitative estimate of drug-likeness (QED) is 0.384. The van der Waals surface area contributed by atoms with E-state index in [1.807, 2.05) is 0 Å². The van der Waals surface area contributed by atoms with Crippen LogP contribution in [0.25, 0.3) is 0 Å². The smallest absolute Gasteiger partial charge is 0.547 e. The number of rotatable bonds is 12. The van der Waals surface area contributed by atoms with Gasteiger partial charge in [0, 0.05) is 0 Å². The van der Waals surface area contributed by atoms with Crippen LogP contribution in [0.15, 0.2) is 0 Å². The van der Waals surface area contributed by atoms with Crippen molar-refractivity contribution in [2.45, 2.75) is 83.7 Å². The average Bonchev–Trinajstić information content (AvgIpc) is 2.31. The van der Waals surface area contributed by atoms with Gasteiger partial charge in [-0.25, -0.2) is 0 Å². The molecular weight excluding hydrogens is 255 g/mol. The first-order valence-corrected chi connectivity index (χ1v) is 7.07. The summed E-state index contributed by atoms with van der Waals surface area (Å²) in [5.41, 5.74) is 0. The van der Waals surface area contributed by atoms with Gasteiger partial charge in [0.15, 0.2) is 0 Å². The second-order valence-electron chi connectivity index (χ2n) is 4.81. The minimum Gasteiger partial charge on any atom is -0.547 e. The first-order chi connectivity index (χ1) is 8.18. The summed E-state index contributed by atoms with van der Waals surface area (Å²) in [5.74, 6) is -1.35. The number of hydrogen-bond donors (Lipinski definition) is 1. The molecule has 102 valence electrons. The van der Waals surface area contributed by atoms with E-state index in [1.165, 1.54) is 44.9 Å². The van der Waals surface area contributed by atoms with Gasteiger partial charge < -0.3 is 15.0 Å². The topological polar surface area (TPSA) is 60.4 Å². The molecule has 18 heavy (non-hydrogen) atoms. The van der Waals surface area contributed by atoms with Crippen LogP contribution >= 0.6 is 0 Å². The fourth-order valence-electron chi connectivity index (χ4n) is 1.94. The molecule has 0 aliphatic rings. The number of unbranched alkanes of at least 4 members (excludes halogenated alkanes) is 9. The third kappa shape index (κ3) is 15.1. The zero-order valence-electron chi connectivity index (χ0n) is 12.1. The molecule has 0 aromatic heterocycles. The first kappa shape index (κ1) is 21.4. The summed E-state index contributed by atoms with van der Waals surface area (Å²) in [5, 5.41) is 19.2. The number of aliphatic hydroxyl groups is 1. The largest absolute Gasteiger partial charge is 1.00 e. The molecular formula is C14H27KO3. The summed E-state index contributed by atoms with van der Waals surface area (Å²) in [6.45, 7) is 2.22. The second-order valence-corrected chi connectivity index (χ2v) is 4.81. The maximum Gasteiger partial charge on any atom is 1.00 e. The van der Waals surface area contributed by atoms with Gasteiger partial charge in [-0.05, 0) is 6.42 Å². The number of carboxylic acids is 1. The molecule has 0 saturated heterocycles. The summed E-state index contributed by atoms with van der Waals surface area (Å²) < 4.78 is 0. The van der Waals surface area contributed by atoms with Crippen LogP contribution in [0.1, 0.15) is 77.6 Å². The van der Waals surface area contributed by atoms with Crippen LogP contribution in [0, 0.1) is 0 Å². The van der Waals surface area contributed by atoms with Crippen molar-refractivity contribution in [2.24, 2.45) is 0 Å². The van der Waals surface area contributed by atoms with E-state index in [9.17, 15) is 9.90 Å². The molecule has 0 aliphatic carbocycles. The molecule has 3 nitrogen and oxygen atoms in total. The van der Waals surface area contributed by atoms with Crippen molar-refractivity contribution in [2.75, 3.05) is 0 Å². The SMILES string of the molecule is CCCCCCCCCCCCC(O)C(=O)[O-].[K+]. The number of aliphatic carboxylic acids is 1. The Balaban J connectivity index is 0. The summed E-state index contributed by atoms with van der Waals surface area (Å²) in [4.78, 5) is 10.2. The normalized spacial score (nSPS) is 11.9. The predicted molar refractivity (Wildman–Crippen MR) is 67.5 cm³/mol. The van der Waals surface area contributed by atoms with E-state index >= 15 is 0 Å². The number of carboxylic acid groups (broad SMARTS) is 1. The Bertz CT molecular complexity index is 186. The van der Waals surface area contributed by atoms with Gasteiger partial charge in [-0.1, -0.05) is 71.1 Å². The number of carbonyl (C=O) groups is 1. The van der Waals surface area contributed by atoms with Crippen LogP contribution in [0.4, 0.5) is 0 Å². The van der Waals surface area contributed by atoms with Crippen molar-refractivity contribution < 1.29 is 66.4 Å². The van der Waals surface area contributed by atoms with E-state index in [4.69, 9.17) is 5.11 Å². The Morgan fingerprint density at radius 2 is 1.33 bits per heavy atom. The zero-order valence-corrected chi connectivity index (χ0v) is 15.2. The molecule has 0 fully saturated rings. The van der Waals surface area contributed by atoms with Gasteiger partial charge in [-0.3, -0.25) is 0 Å². The van der Waals surface area contributed by atoms with E-state index in [1.54, 1.807) is 0 Å². The molecule has 1 atom stereocenters. The van der Waals surface area contributed by atoms with Crippen molar-refractivity contribution in [3.05, 3.63) is 0 Å². The molecule has 0 spiro atoms. The van der Waals surface area contributed by atoms with Gasteiger partial charge in [-0.2, -0.15) is 0 Å². The van der Waals surface area contributed by atoms with Crippen LogP contribution in [-0.4, -0.2) is 17.2 Å². The van der Waals surface area contributed by atoms with Gasteiger partial charge in [0.05, 0.1) is 12.1 Å². The van der Waals surface area contributed by atoms with Gasteiger partial charge in [0.1, 0.15) is 0 Å². The van der Waals surface area contributed by atoms with E-state index in [2.05, 4.69) is 6.92 Å². The van der Waals surface area contributed by atoms with Gasteiger partial charge in [0.25, 0.3) is 0 Å². The second kappa shape index (κ2) is 16.1. The molecule has 0 heterocycles. The molecule has 1 unspecified atom stereocenters. The third-order valence-electron chi connectivity index (χ3n) is 3.10. The van der Waals surface area contributed by atoms with Gasteiger partial charge >= 0.3 is 51.4 Å². The van der Waals surface area contributed by atoms with Crippen LogP contribution in [0.2, 0.25) is 0 Å². The van der Waals surface area contributed by atoms with E-state index in [-0.39, 0.29) is 51.4 Å². The van der Waals surface area contributed by atoms with Crippen molar-refractivity contribution in [3.63, 3.8) is 0 Å². The molecule has 4 heteroatoms. The van der Waals surface area contributed by atoms with Crippen LogP contribution in [-0.2, 0) is 4.79 Å². The minimum absolute atomic E-state index is 0. The van der Waals surface area contributed by atoms with Crippen molar-refractivity contribution in [1.29, 1.82) is 0 Å². The summed E-state index contributed by atoms with van der Waals surface area (Å²) >= 11 is 0. The van der Waals surface area contributed by atoms with Gasteiger partial charge in [0.2, 0.25) is 0 Å².